The van der Waals surface area contributed by atoms with Crippen molar-refractivity contribution in [1.82, 2.24) is 0 Å². The third-order valence-corrected chi connectivity index (χ3v) is 4.23. The Hall–Kier alpha value is -0.0900. The van der Waals surface area contributed by atoms with Gasteiger partial charge in [-0.15, -0.1) is 0 Å². The second-order valence-corrected chi connectivity index (χ2v) is 6.27. The van der Waals surface area contributed by atoms with Crippen molar-refractivity contribution >= 4 is 21.9 Å². The lowest BCUT2D eigenvalue weighted by Crippen LogP contribution is -2.47. The van der Waals surface area contributed by atoms with Crippen molar-refractivity contribution in [3.63, 3.8) is 0 Å². The van der Waals surface area contributed by atoms with Gasteiger partial charge in [0.05, 0.1) is 13.2 Å². The summed E-state index contributed by atoms with van der Waals surface area (Å²) < 4.78 is 9.62. The largest absolute Gasteiger partial charge is 0.468 e. The lowest BCUT2D eigenvalue weighted by molar-refractivity contribution is -0.148. The average molecular weight is 293 g/mol. The summed E-state index contributed by atoms with van der Waals surface area (Å²) in [6, 6.07) is 0. The molecular formula is C12H21BrO3. The van der Waals surface area contributed by atoms with Gasteiger partial charge in [-0.2, -0.15) is 0 Å². The molecule has 0 saturated heterocycles. The van der Waals surface area contributed by atoms with Gasteiger partial charge in [-0.3, -0.25) is 4.79 Å². The van der Waals surface area contributed by atoms with Gasteiger partial charge < -0.3 is 9.47 Å². The summed E-state index contributed by atoms with van der Waals surface area (Å²) >= 11 is 3.47. The number of methoxy groups -OCH3 is 2. The fourth-order valence-electron chi connectivity index (χ4n) is 2.61. The average Bonchev–Trinajstić information content (AvgIpc) is 2.30. The predicted octanol–water partition coefficient (Wildman–Crippen LogP) is 2.91. The number of carbonyl (C=O) groups excluding carboxylic acids is 1. The van der Waals surface area contributed by atoms with Gasteiger partial charge in [0, 0.05) is 7.11 Å². The van der Waals surface area contributed by atoms with Crippen molar-refractivity contribution in [2.24, 2.45) is 5.92 Å². The summed E-state index contributed by atoms with van der Waals surface area (Å²) in [5.74, 6) is 0.187. The molecule has 1 saturated carbocycles. The van der Waals surface area contributed by atoms with Crippen LogP contribution in [0.25, 0.3) is 0 Å². The van der Waals surface area contributed by atoms with Crippen molar-refractivity contribution in [3.05, 3.63) is 0 Å². The van der Waals surface area contributed by atoms with E-state index in [9.17, 15) is 4.79 Å². The van der Waals surface area contributed by atoms with Gasteiger partial charge in [0.2, 0.25) is 0 Å². The van der Waals surface area contributed by atoms with E-state index in [1.165, 1.54) is 26.4 Å². The lowest BCUT2D eigenvalue weighted by atomic mass is 9.80. The number of rotatable bonds is 4. The lowest BCUT2D eigenvalue weighted by Gasteiger charge is -2.36. The maximum Gasteiger partial charge on any atom is 0.325 e. The first-order valence-corrected chi connectivity index (χ1v) is 6.63. The van der Waals surface area contributed by atoms with E-state index >= 15 is 0 Å². The fourth-order valence-corrected chi connectivity index (χ4v) is 3.33. The van der Waals surface area contributed by atoms with Crippen molar-refractivity contribution in [1.29, 1.82) is 0 Å². The first-order valence-electron chi connectivity index (χ1n) is 5.84. The number of hydrogen-bond donors (Lipinski definition) is 0. The summed E-state index contributed by atoms with van der Waals surface area (Å²) in [4.78, 5) is 11.7. The van der Waals surface area contributed by atoms with Gasteiger partial charge in [-0.05, 0) is 25.7 Å². The molecule has 1 fully saturated rings. The Bertz CT molecular complexity index is 234. The van der Waals surface area contributed by atoms with Crippen molar-refractivity contribution < 1.29 is 14.3 Å². The van der Waals surface area contributed by atoms with E-state index < -0.39 is 4.32 Å². The molecule has 0 aliphatic heterocycles. The van der Waals surface area contributed by atoms with Gasteiger partial charge in [0.15, 0.2) is 0 Å². The molecule has 2 atom stereocenters. The third kappa shape index (κ3) is 2.98. The van der Waals surface area contributed by atoms with Crippen molar-refractivity contribution in [3.8, 4) is 0 Å². The molecular weight excluding hydrogens is 272 g/mol. The standard InChI is InChI=1S/C12H21BrO3/c1-12(13,11(14)16-3)10(15-2)9-7-5-4-6-8-9/h9-10H,4-8H2,1-3H3/t10-,12+/m0/s1. The first-order chi connectivity index (χ1) is 7.54. The second kappa shape index (κ2) is 6.01. The highest BCUT2D eigenvalue weighted by Crippen LogP contribution is 2.37. The molecule has 0 aromatic heterocycles. The van der Waals surface area contributed by atoms with Gasteiger partial charge in [0.25, 0.3) is 0 Å². The third-order valence-electron chi connectivity index (χ3n) is 3.45. The van der Waals surface area contributed by atoms with Gasteiger partial charge in [-0.1, -0.05) is 35.2 Å². The van der Waals surface area contributed by atoms with Crippen molar-refractivity contribution in [2.75, 3.05) is 14.2 Å². The molecule has 1 aliphatic carbocycles. The molecule has 3 nitrogen and oxygen atoms in total. The van der Waals surface area contributed by atoms with Crippen molar-refractivity contribution in [2.45, 2.75) is 49.5 Å². The molecule has 0 heterocycles. The zero-order valence-corrected chi connectivity index (χ0v) is 11.9. The van der Waals surface area contributed by atoms with E-state index in [0.29, 0.717) is 5.92 Å². The normalized spacial score (nSPS) is 23.5. The van der Waals surface area contributed by atoms with E-state index in [1.807, 2.05) is 6.92 Å². The first kappa shape index (κ1) is 14.0. The zero-order chi connectivity index (χ0) is 12.2. The molecule has 0 unspecified atom stereocenters. The molecule has 0 aromatic rings. The molecule has 0 N–H and O–H groups in total. The van der Waals surface area contributed by atoms with Crippen LogP contribution in [0.3, 0.4) is 0 Å². The number of alkyl halides is 1. The van der Waals surface area contributed by atoms with Crippen LogP contribution in [0.1, 0.15) is 39.0 Å². The Balaban J connectivity index is 2.74. The van der Waals surface area contributed by atoms with Crippen LogP contribution in [0.4, 0.5) is 0 Å². The molecule has 1 aliphatic rings. The van der Waals surface area contributed by atoms with Crippen LogP contribution in [0.15, 0.2) is 0 Å². The Morgan fingerprint density at radius 3 is 2.31 bits per heavy atom. The minimum Gasteiger partial charge on any atom is -0.468 e. The minimum absolute atomic E-state index is 0.111. The minimum atomic E-state index is -0.738. The molecule has 0 spiro atoms. The molecule has 1 rings (SSSR count). The molecule has 0 radical (unpaired) electrons. The number of ether oxygens (including phenoxy) is 2. The maximum absolute atomic E-state index is 11.7. The summed E-state index contributed by atoms with van der Waals surface area (Å²) in [7, 11) is 3.08. The molecule has 0 aromatic carbocycles. The van der Waals surface area contributed by atoms with Gasteiger partial charge in [-0.25, -0.2) is 0 Å². The Morgan fingerprint density at radius 2 is 1.88 bits per heavy atom. The summed E-state index contributed by atoms with van der Waals surface area (Å²) in [5, 5.41) is 0. The summed E-state index contributed by atoms with van der Waals surface area (Å²) in [5.41, 5.74) is 0. The predicted molar refractivity (Wildman–Crippen MR) is 66.7 cm³/mol. The second-order valence-electron chi connectivity index (χ2n) is 4.62. The Labute approximate surface area is 106 Å². The Kier molecular flexibility index (Phi) is 5.25. The van der Waals surface area contributed by atoms with Crippen LogP contribution in [0.5, 0.6) is 0 Å². The zero-order valence-electron chi connectivity index (χ0n) is 10.3. The highest BCUT2D eigenvalue weighted by Gasteiger charge is 2.44. The number of hydrogen-bond acceptors (Lipinski definition) is 3. The van der Waals surface area contributed by atoms with E-state index in [2.05, 4.69) is 15.9 Å². The quantitative estimate of drug-likeness (QED) is 0.590. The summed E-state index contributed by atoms with van der Waals surface area (Å²) in [6.07, 6.45) is 5.92. The molecule has 0 bridgehead atoms. The monoisotopic (exact) mass is 292 g/mol. The number of carbonyl (C=O) groups is 1. The Morgan fingerprint density at radius 1 is 1.31 bits per heavy atom. The van der Waals surface area contributed by atoms with Crippen LogP contribution in [-0.4, -0.2) is 30.6 Å². The highest BCUT2D eigenvalue weighted by atomic mass is 79.9. The molecule has 94 valence electrons. The highest BCUT2D eigenvalue weighted by molar-refractivity contribution is 9.10. The molecule has 4 heteroatoms. The van der Waals surface area contributed by atoms with Crippen LogP contribution in [0, 0.1) is 5.92 Å². The van der Waals surface area contributed by atoms with E-state index in [1.54, 1.807) is 7.11 Å². The molecule has 0 amide bonds. The van der Waals surface area contributed by atoms with E-state index in [4.69, 9.17) is 9.47 Å². The topological polar surface area (TPSA) is 35.5 Å². The van der Waals surface area contributed by atoms with E-state index in [-0.39, 0.29) is 12.1 Å². The fraction of sp³-hybridized carbons (Fsp3) is 0.917. The van der Waals surface area contributed by atoms with Crippen LogP contribution in [-0.2, 0) is 14.3 Å². The number of esters is 1. The van der Waals surface area contributed by atoms with Gasteiger partial charge in [0.1, 0.15) is 4.32 Å². The van der Waals surface area contributed by atoms with Crippen LogP contribution >= 0.6 is 15.9 Å². The maximum atomic E-state index is 11.7. The smallest absolute Gasteiger partial charge is 0.325 e. The SMILES string of the molecule is COC(=O)[C@](C)(Br)[C@@H](OC)C1CCCCC1. The summed E-state index contributed by atoms with van der Waals surface area (Å²) in [6.45, 7) is 1.83. The van der Waals surface area contributed by atoms with E-state index in [0.717, 1.165) is 12.8 Å². The van der Waals surface area contributed by atoms with Crippen LogP contribution in [0.2, 0.25) is 0 Å². The number of halogens is 1. The van der Waals surface area contributed by atoms with Crippen LogP contribution < -0.4 is 0 Å². The molecule has 16 heavy (non-hydrogen) atoms. The van der Waals surface area contributed by atoms with Gasteiger partial charge >= 0.3 is 5.97 Å².